The molecule has 2 aromatic carbocycles. The lowest BCUT2D eigenvalue weighted by Gasteiger charge is -2.33. The Kier molecular flexibility index (Phi) is 7.30. The van der Waals surface area contributed by atoms with Crippen LogP contribution < -0.4 is 14.4 Å². The van der Waals surface area contributed by atoms with Crippen molar-refractivity contribution in [3.8, 4) is 11.5 Å². The van der Waals surface area contributed by atoms with E-state index in [0.717, 1.165) is 19.3 Å². The van der Waals surface area contributed by atoms with Crippen LogP contribution >= 0.6 is 11.6 Å². The molecular weight excluding hydrogens is 484 g/mol. The van der Waals surface area contributed by atoms with Gasteiger partial charge in [0.1, 0.15) is 11.5 Å². The lowest BCUT2D eigenvalue weighted by atomic mass is 10.2. The minimum atomic E-state index is -3.64. The largest absolute Gasteiger partial charge is 0.482 e. The van der Waals surface area contributed by atoms with Gasteiger partial charge in [-0.25, -0.2) is 13.2 Å². The van der Waals surface area contributed by atoms with Gasteiger partial charge in [-0.2, -0.15) is 4.31 Å². The standard InChI is InChI=1S/C23H25ClN2O7S/c1-31-23(28)21-14-26(18-7-3-4-8-20(18)33-21)22(27)15-32-19-10-9-16(13-17(19)24)34(29,30)25-11-5-2-6-12-25/h3-4,7-10,13,21H,2,5-6,11-12,14-15H2,1H3/t21-/m0/s1. The molecule has 11 heteroatoms. The summed E-state index contributed by atoms with van der Waals surface area (Å²) in [5.41, 5.74) is 0.505. The molecule has 0 aromatic heterocycles. The van der Waals surface area contributed by atoms with Gasteiger partial charge in [-0.1, -0.05) is 30.2 Å². The topological polar surface area (TPSA) is 102 Å². The predicted octanol–water partition coefficient (Wildman–Crippen LogP) is 2.86. The Morgan fingerprint density at radius 1 is 1.12 bits per heavy atom. The first kappa shape index (κ1) is 24.3. The number of benzene rings is 2. The first-order valence-corrected chi connectivity index (χ1v) is 12.7. The summed E-state index contributed by atoms with van der Waals surface area (Å²) in [7, 11) is -2.39. The number of sulfonamides is 1. The second-order valence-electron chi connectivity index (χ2n) is 7.95. The lowest BCUT2D eigenvalue weighted by molar-refractivity contribution is -0.148. The number of esters is 1. The van der Waals surface area contributed by atoms with E-state index in [2.05, 4.69) is 0 Å². The quantitative estimate of drug-likeness (QED) is 0.553. The van der Waals surface area contributed by atoms with Crippen LogP contribution in [0, 0.1) is 0 Å². The minimum Gasteiger partial charge on any atom is -0.482 e. The van der Waals surface area contributed by atoms with Crippen molar-refractivity contribution < 1.29 is 32.2 Å². The molecule has 2 heterocycles. The number of amides is 1. The van der Waals surface area contributed by atoms with Gasteiger partial charge in [0.05, 0.1) is 29.3 Å². The third kappa shape index (κ3) is 4.98. The Balaban J connectivity index is 1.47. The van der Waals surface area contributed by atoms with Crippen molar-refractivity contribution in [3.63, 3.8) is 0 Å². The van der Waals surface area contributed by atoms with Crippen LogP contribution in [0.5, 0.6) is 11.5 Å². The van der Waals surface area contributed by atoms with Crippen LogP contribution in [0.1, 0.15) is 19.3 Å². The van der Waals surface area contributed by atoms with Crippen molar-refractivity contribution in [2.75, 3.05) is 38.3 Å². The van der Waals surface area contributed by atoms with Crippen LogP contribution in [0.3, 0.4) is 0 Å². The van der Waals surface area contributed by atoms with Gasteiger partial charge in [0, 0.05) is 13.1 Å². The number of methoxy groups -OCH3 is 1. The highest BCUT2D eigenvalue weighted by atomic mass is 35.5. The van der Waals surface area contributed by atoms with E-state index in [1.165, 1.54) is 34.5 Å². The average molecular weight is 509 g/mol. The van der Waals surface area contributed by atoms with Crippen molar-refractivity contribution in [2.24, 2.45) is 0 Å². The maximum Gasteiger partial charge on any atom is 0.348 e. The van der Waals surface area contributed by atoms with Crippen LogP contribution in [0.2, 0.25) is 5.02 Å². The number of hydrogen-bond donors (Lipinski definition) is 0. The highest BCUT2D eigenvalue weighted by Gasteiger charge is 2.34. The summed E-state index contributed by atoms with van der Waals surface area (Å²) in [6, 6.07) is 11.0. The average Bonchev–Trinajstić information content (AvgIpc) is 2.87. The molecule has 0 saturated carbocycles. The fraction of sp³-hybridized carbons (Fsp3) is 0.391. The van der Waals surface area contributed by atoms with Gasteiger partial charge in [0.15, 0.2) is 6.61 Å². The zero-order valence-electron chi connectivity index (χ0n) is 18.6. The van der Waals surface area contributed by atoms with Gasteiger partial charge in [-0.3, -0.25) is 4.79 Å². The number of hydrogen-bond acceptors (Lipinski definition) is 7. The summed E-state index contributed by atoms with van der Waals surface area (Å²) < 4.78 is 43.2. The maximum atomic E-state index is 13.0. The molecule has 1 saturated heterocycles. The third-order valence-corrected chi connectivity index (χ3v) is 7.94. The summed E-state index contributed by atoms with van der Waals surface area (Å²) in [5.74, 6) is -0.464. The van der Waals surface area contributed by atoms with Crippen LogP contribution in [-0.4, -0.2) is 64.1 Å². The molecule has 2 aromatic rings. The van der Waals surface area contributed by atoms with Crippen LogP contribution in [-0.2, 0) is 24.3 Å². The molecule has 0 N–H and O–H groups in total. The molecule has 4 rings (SSSR count). The first-order chi connectivity index (χ1) is 16.3. The normalized spacial score (nSPS) is 18.5. The van der Waals surface area contributed by atoms with Gasteiger partial charge in [0.25, 0.3) is 5.91 Å². The van der Waals surface area contributed by atoms with Crippen molar-refractivity contribution in [3.05, 3.63) is 47.5 Å². The van der Waals surface area contributed by atoms with Gasteiger partial charge in [-0.15, -0.1) is 0 Å². The van der Waals surface area contributed by atoms with E-state index in [1.807, 2.05) is 0 Å². The first-order valence-electron chi connectivity index (χ1n) is 10.9. The van der Waals surface area contributed by atoms with Crippen molar-refractivity contribution in [2.45, 2.75) is 30.3 Å². The number of ether oxygens (including phenoxy) is 3. The summed E-state index contributed by atoms with van der Waals surface area (Å²) in [6.45, 7) is 0.563. The zero-order chi connectivity index (χ0) is 24.3. The SMILES string of the molecule is COC(=O)[C@@H]1CN(C(=O)COc2ccc(S(=O)(=O)N3CCCCC3)cc2Cl)c2ccccc2O1. The number of fused-ring (bicyclic) bond motifs is 1. The highest BCUT2D eigenvalue weighted by Crippen LogP contribution is 2.34. The Morgan fingerprint density at radius 3 is 2.56 bits per heavy atom. The number of halogens is 1. The molecule has 1 amide bonds. The number of piperidine rings is 1. The molecule has 1 fully saturated rings. The third-order valence-electron chi connectivity index (χ3n) is 5.75. The Hall–Kier alpha value is -2.82. The Bertz CT molecular complexity index is 1180. The summed E-state index contributed by atoms with van der Waals surface area (Å²) >= 11 is 6.29. The number of carbonyl (C=O) groups excluding carboxylic acids is 2. The zero-order valence-corrected chi connectivity index (χ0v) is 20.2. The molecule has 0 radical (unpaired) electrons. The van der Waals surface area contributed by atoms with Gasteiger partial charge in [-0.05, 0) is 43.2 Å². The number of para-hydroxylation sites is 2. The Morgan fingerprint density at radius 2 is 1.85 bits per heavy atom. The Labute approximate surface area is 203 Å². The minimum absolute atomic E-state index is 0.0351. The number of carbonyl (C=O) groups is 2. The van der Waals surface area contributed by atoms with Crippen LogP contribution in [0.25, 0.3) is 0 Å². The molecule has 34 heavy (non-hydrogen) atoms. The van der Waals surface area contributed by atoms with E-state index >= 15 is 0 Å². The van der Waals surface area contributed by atoms with Crippen LogP contribution in [0.4, 0.5) is 5.69 Å². The second-order valence-corrected chi connectivity index (χ2v) is 10.3. The number of anilines is 1. The molecule has 9 nitrogen and oxygen atoms in total. The molecule has 2 aliphatic heterocycles. The summed E-state index contributed by atoms with van der Waals surface area (Å²) in [6.07, 6.45) is 1.71. The lowest BCUT2D eigenvalue weighted by Crippen LogP contribution is -2.48. The monoisotopic (exact) mass is 508 g/mol. The van der Waals surface area contributed by atoms with Crippen molar-refractivity contribution >= 4 is 39.2 Å². The van der Waals surface area contributed by atoms with E-state index in [0.29, 0.717) is 24.5 Å². The molecule has 0 aliphatic carbocycles. The highest BCUT2D eigenvalue weighted by molar-refractivity contribution is 7.89. The fourth-order valence-corrected chi connectivity index (χ4v) is 5.80. The fourth-order valence-electron chi connectivity index (χ4n) is 3.96. The van der Waals surface area contributed by atoms with Gasteiger partial charge in [0.2, 0.25) is 16.1 Å². The molecule has 1 atom stereocenters. The van der Waals surface area contributed by atoms with E-state index in [9.17, 15) is 18.0 Å². The molecule has 0 unspecified atom stereocenters. The summed E-state index contributed by atoms with van der Waals surface area (Å²) in [5, 5.41) is 0.0840. The number of rotatable bonds is 6. The molecular formula is C23H25ClN2O7S. The van der Waals surface area contributed by atoms with Gasteiger partial charge >= 0.3 is 5.97 Å². The van der Waals surface area contributed by atoms with E-state index in [-0.39, 0.29) is 28.8 Å². The maximum absolute atomic E-state index is 13.0. The van der Waals surface area contributed by atoms with E-state index in [1.54, 1.807) is 24.3 Å². The van der Waals surface area contributed by atoms with E-state index < -0.39 is 28.0 Å². The second kappa shape index (κ2) is 10.2. The molecule has 0 spiro atoms. The summed E-state index contributed by atoms with van der Waals surface area (Å²) in [4.78, 5) is 26.5. The van der Waals surface area contributed by atoms with Crippen LogP contribution in [0.15, 0.2) is 47.4 Å². The smallest absolute Gasteiger partial charge is 0.348 e. The van der Waals surface area contributed by atoms with Crippen molar-refractivity contribution in [1.82, 2.24) is 4.31 Å². The van der Waals surface area contributed by atoms with Crippen molar-refractivity contribution in [1.29, 1.82) is 0 Å². The molecule has 0 bridgehead atoms. The molecule has 2 aliphatic rings. The number of nitrogens with zero attached hydrogens (tertiary/aromatic N) is 2. The molecule has 182 valence electrons. The van der Waals surface area contributed by atoms with Gasteiger partial charge < -0.3 is 19.1 Å². The van der Waals surface area contributed by atoms with E-state index in [4.69, 9.17) is 25.8 Å². The predicted molar refractivity (Wildman–Crippen MR) is 125 cm³/mol.